The zero-order valence-corrected chi connectivity index (χ0v) is 11.7. The van der Waals surface area contributed by atoms with Gasteiger partial charge in [-0.05, 0) is 23.7 Å². The van der Waals surface area contributed by atoms with Crippen LogP contribution in [0.15, 0.2) is 48.5 Å². The Bertz CT molecular complexity index is 560. The first-order valence-electron chi connectivity index (χ1n) is 6.41. The van der Waals surface area contributed by atoms with Gasteiger partial charge >= 0.3 is 7.12 Å². The summed E-state index contributed by atoms with van der Waals surface area (Å²) in [6, 6.07) is 15.1. The number of hydrogen-bond acceptors (Lipinski definition) is 4. The lowest BCUT2D eigenvalue weighted by Crippen LogP contribution is -2.30. The number of rotatable bonds is 5. The van der Waals surface area contributed by atoms with Gasteiger partial charge < -0.3 is 19.7 Å². The summed E-state index contributed by atoms with van der Waals surface area (Å²) in [5.74, 6) is 0.734. The summed E-state index contributed by atoms with van der Waals surface area (Å²) in [5, 5.41) is 18.5. The molecule has 2 aromatic rings. The van der Waals surface area contributed by atoms with Crippen LogP contribution in [0.25, 0.3) is 0 Å². The predicted octanol–water partition coefficient (Wildman–Crippen LogP) is 1.01. The molecule has 0 spiro atoms. The van der Waals surface area contributed by atoms with E-state index in [9.17, 15) is 10.0 Å². The van der Waals surface area contributed by atoms with Crippen LogP contribution in [0.2, 0.25) is 0 Å². The van der Waals surface area contributed by atoms with Gasteiger partial charge in [0, 0.05) is 24.8 Å². The lowest BCUT2D eigenvalue weighted by molar-refractivity contribution is 0.409. The van der Waals surface area contributed by atoms with E-state index in [4.69, 9.17) is 4.74 Å². The minimum absolute atomic E-state index is 0.460. The minimum Gasteiger partial charge on any atom is -0.496 e. The molecule has 4 nitrogen and oxygen atoms in total. The molecule has 0 amide bonds. The van der Waals surface area contributed by atoms with Gasteiger partial charge in [0.15, 0.2) is 0 Å². The van der Waals surface area contributed by atoms with Crippen molar-refractivity contribution in [2.45, 2.75) is 6.54 Å². The van der Waals surface area contributed by atoms with Gasteiger partial charge in [0.25, 0.3) is 0 Å². The van der Waals surface area contributed by atoms with Crippen molar-refractivity contribution in [1.82, 2.24) is 0 Å². The largest absolute Gasteiger partial charge is 0.496 e. The van der Waals surface area contributed by atoms with Crippen LogP contribution in [0.5, 0.6) is 5.75 Å². The van der Waals surface area contributed by atoms with Gasteiger partial charge in [0.2, 0.25) is 0 Å². The van der Waals surface area contributed by atoms with Crippen molar-refractivity contribution in [3.05, 3.63) is 54.1 Å². The molecule has 2 N–H and O–H groups in total. The first-order valence-corrected chi connectivity index (χ1v) is 6.41. The van der Waals surface area contributed by atoms with Crippen molar-refractivity contribution in [2.24, 2.45) is 0 Å². The monoisotopic (exact) mass is 271 g/mol. The molecule has 5 heteroatoms. The molecular formula is C15H18BNO3. The van der Waals surface area contributed by atoms with E-state index >= 15 is 0 Å². The number of benzene rings is 2. The molecule has 0 aliphatic rings. The third kappa shape index (κ3) is 3.32. The molecule has 2 aromatic carbocycles. The van der Waals surface area contributed by atoms with Crippen molar-refractivity contribution in [1.29, 1.82) is 0 Å². The molecule has 0 bridgehead atoms. The second-order valence-corrected chi connectivity index (χ2v) is 4.64. The Hall–Kier alpha value is -1.98. The number of hydrogen-bond donors (Lipinski definition) is 2. The van der Waals surface area contributed by atoms with Gasteiger partial charge in [-0.1, -0.05) is 30.3 Å². The fourth-order valence-electron chi connectivity index (χ4n) is 2.11. The van der Waals surface area contributed by atoms with E-state index in [0.29, 0.717) is 12.0 Å². The zero-order chi connectivity index (χ0) is 14.5. The normalized spacial score (nSPS) is 10.2. The smallest absolute Gasteiger partial charge is 0.488 e. The number of methoxy groups -OCH3 is 1. The summed E-state index contributed by atoms with van der Waals surface area (Å²) in [7, 11) is 2.12. The van der Waals surface area contributed by atoms with Gasteiger partial charge in [-0.3, -0.25) is 0 Å². The molecule has 104 valence electrons. The fraction of sp³-hybridized carbons (Fsp3) is 0.200. The van der Waals surface area contributed by atoms with Crippen LogP contribution in [-0.4, -0.2) is 31.3 Å². The van der Waals surface area contributed by atoms with E-state index in [1.165, 1.54) is 0 Å². The summed E-state index contributed by atoms with van der Waals surface area (Å²) >= 11 is 0. The zero-order valence-electron chi connectivity index (χ0n) is 11.7. The highest BCUT2D eigenvalue weighted by Gasteiger charge is 2.15. The van der Waals surface area contributed by atoms with E-state index in [0.717, 1.165) is 17.0 Å². The Morgan fingerprint density at radius 2 is 1.80 bits per heavy atom. The Morgan fingerprint density at radius 3 is 2.40 bits per heavy atom. The summed E-state index contributed by atoms with van der Waals surface area (Å²) in [5.41, 5.74) is 2.45. The van der Waals surface area contributed by atoms with Gasteiger partial charge in [0.1, 0.15) is 5.75 Å². The second-order valence-electron chi connectivity index (χ2n) is 4.64. The van der Waals surface area contributed by atoms with Crippen molar-refractivity contribution in [3.63, 3.8) is 0 Å². The molecule has 0 radical (unpaired) electrons. The summed E-state index contributed by atoms with van der Waals surface area (Å²) in [4.78, 5) is 2.07. The highest BCUT2D eigenvalue weighted by Crippen LogP contribution is 2.21. The maximum absolute atomic E-state index is 9.26. The average molecular weight is 271 g/mol. The van der Waals surface area contributed by atoms with E-state index in [-0.39, 0.29) is 0 Å². The third-order valence-corrected chi connectivity index (χ3v) is 3.21. The molecule has 0 atom stereocenters. The van der Waals surface area contributed by atoms with Crippen LogP contribution >= 0.6 is 0 Å². The molecule has 0 aliphatic heterocycles. The Balaban J connectivity index is 2.25. The highest BCUT2D eigenvalue weighted by molar-refractivity contribution is 6.58. The van der Waals surface area contributed by atoms with Crippen molar-refractivity contribution in [2.75, 3.05) is 19.1 Å². The van der Waals surface area contributed by atoms with Gasteiger partial charge in [0.05, 0.1) is 7.11 Å². The molecule has 0 saturated carbocycles. The summed E-state index contributed by atoms with van der Waals surface area (Å²) < 4.78 is 5.33. The fourth-order valence-corrected chi connectivity index (χ4v) is 2.11. The molecule has 0 aliphatic carbocycles. The SMILES string of the molecule is COc1ccc(B(O)O)cc1CN(C)c1ccccc1. The van der Waals surface area contributed by atoms with E-state index in [2.05, 4.69) is 4.90 Å². The molecule has 0 heterocycles. The van der Waals surface area contributed by atoms with Crippen LogP contribution in [0.4, 0.5) is 5.69 Å². The maximum atomic E-state index is 9.26. The van der Waals surface area contributed by atoms with Gasteiger partial charge in [-0.25, -0.2) is 0 Å². The summed E-state index contributed by atoms with van der Waals surface area (Å²) in [6.07, 6.45) is 0. The van der Waals surface area contributed by atoms with Gasteiger partial charge in [-0.15, -0.1) is 0 Å². The third-order valence-electron chi connectivity index (χ3n) is 3.21. The first kappa shape index (κ1) is 14.4. The average Bonchev–Trinajstić information content (AvgIpc) is 2.48. The van der Waals surface area contributed by atoms with E-state index < -0.39 is 7.12 Å². The number of anilines is 1. The Labute approximate surface area is 119 Å². The molecule has 0 saturated heterocycles. The van der Waals surface area contributed by atoms with E-state index in [1.54, 1.807) is 25.3 Å². The van der Waals surface area contributed by atoms with E-state index in [1.807, 2.05) is 37.4 Å². The Morgan fingerprint density at radius 1 is 1.10 bits per heavy atom. The van der Waals surface area contributed by atoms with Crippen LogP contribution in [0.1, 0.15) is 5.56 Å². The van der Waals surface area contributed by atoms with Crippen LogP contribution in [0.3, 0.4) is 0 Å². The molecule has 0 aromatic heterocycles. The topological polar surface area (TPSA) is 52.9 Å². The standard InChI is InChI=1S/C15H18BNO3/c1-17(14-6-4-3-5-7-14)11-12-10-13(16(18)19)8-9-15(12)20-2/h3-10,18-19H,11H2,1-2H3. The molecule has 0 unspecified atom stereocenters. The molecule has 2 rings (SSSR count). The van der Waals surface area contributed by atoms with Crippen LogP contribution in [-0.2, 0) is 6.54 Å². The number of para-hydroxylation sites is 1. The highest BCUT2D eigenvalue weighted by atomic mass is 16.5. The molecule has 0 fully saturated rings. The van der Waals surface area contributed by atoms with Gasteiger partial charge in [-0.2, -0.15) is 0 Å². The van der Waals surface area contributed by atoms with Crippen molar-refractivity contribution >= 4 is 18.3 Å². The van der Waals surface area contributed by atoms with Crippen molar-refractivity contribution < 1.29 is 14.8 Å². The number of ether oxygens (including phenoxy) is 1. The van der Waals surface area contributed by atoms with Crippen LogP contribution < -0.4 is 15.1 Å². The minimum atomic E-state index is -1.47. The lowest BCUT2D eigenvalue weighted by atomic mass is 9.79. The molecule has 20 heavy (non-hydrogen) atoms. The summed E-state index contributed by atoms with van der Waals surface area (Å²) in [6.45, 7) is 0.619. The van der Waals surface area contributed by atoms with Crippen molar-refractivity contribution in [3.8, 4) is 5.75 Å². The predicted molar refractivity (Wildman–Crippen MR) is 81.4 cm³/mol. The quantitative estimate of drug-likeness (QED) is 0.797. The van der Waals surface area contributed by atoms with Crippen LogP contribution in [0, 0.1) is 0 Å². The molecular weight excluding hydrogens is 253 g/mol. The second kappa shape index (κ2) is 6.46. The maximum Gasteiger partial charge on any atom is 0.488 e. The number of nitrogens with zero attached hydrogens (tertiary/aromatic N) is 1. The first-order chi connectivity index (χ1) is 9.61. The Kier molecular flexibility index (Phi) is 4.66. The lowest BCUT2D eigenvalue weighted by Gasteiger charge is -2.21.